The quantitative estimate of drug-likeness (QED) is 0.711. The fourth-order valence-electron chi connectivity index (χ4n) is 4.22. The molecule has 0 saturated heterocycles. The molecule has 1 aliphatic carbocycles. The highest BCUT2D eigenvalue weighted by molar-refractivity contribution is 7.09. The van der Waals surface area contributed by atoms with E-state index in [4.69, 9.17) is 5.73 Å². The van der Waals surface area contributed by atoms with Crippen LogP contribution >= 0.6 is 11.3 Å². The van der Waals surface area contributed by atoms with Gasteiger partial charge >= 0.3 is 6.18 Å². The number of thiazole rings is 1. The molecule has 0 unspecified atom stereocenters. The van der Waals surface area contributed by atoms with Gasteiger partial charge in [0.2, 0.25) is 5.91 Å². The third-order valence-electron chi connectivity index (χ3n) is 5.60. The minimum Gasteiger partial charge on any atom is -0.366 e. The first kappa shape index (κ1) is 21.8. The second kappa shape index (κ2) is 8.83. The number of carbonyl (C=O) groups excluding carboxylic acids is 1. The number of hydrogen-bond donors (Lipinski definition) is 1. The molecule has 1 fully saturated rings. The van der Waals surface area contributed by atoms with Gasteiger partial charge in [0.05, 0.1) is 16.3 Å². The van der Waals surface area contributed by atoms with Gasteiger partial charge in [-0.2, -0.15) is 13.2 Å². The number of amides is 1. The lowest BCUT2D eigenvalue weighted by Crippen LogP contribution is -2.28. The van der Waals surface area contributed by atoms with E-state index >= 15 is 0 Å². The van der Waals surface area contributed by atoms with Crippen LogP contribution < -0.4 is 5.73 Å². The summed E-state index contributed by atoms with van der Waals surface area (Å²) in [5.41, 5.74) is 6.28. The number of aromatic nitrogens is 1. The fraction of sp³-hybridized carbons (Fsp3) is 0.524. The monoisotopic (exact) mass is 425 g/mol. The molecule has 1 aliphatic rings. The van der Waals surface area contributed by atoms with Gasteiger partial charge in [-0.05, 0) is 69.2 Å². The van der Waals surface area contributed by atoms with Crippen molar-refractivity contribution < 1.29 is 18.0 Å². The molecule has 2 N–H and O–H groups in total. The summed E-state index contributed by atoms with van der Waals surface area (Å²) < 4.78 is 38.9. The average Bonchev–Trinajstić information content (AvgIpc) is 3.05. The van der Waals surface area contributed by atoms with Crippen LogP contribution in [0, 0.1) is 12.8 Å². The molecule has 1 aromatic heterocycles. The third-order valence-corrected chi connectivity index (χ3v) is 6.42. The number of alkyl halides is 3. The molecule has 1 aromatic carbocycles. The van der Waals surface area contributed by atoms with Crippen molar-refractivity contribution in [2.75, 3.05) is 13.6 Å². The van der Waals surface area contributed by atoms with Crippen LogP contribution in [0.15, 0.2) is 23.6 Å². The molecule has 0 aliphatic heterocycles. The van der Waals surface area contributed by atoms with E-state index in [1.807, 2.05) is 6.92 Å². The van der Waals surface area contributed by atoms with E-state index in [9.17, 15) is 18.0 Å². The zero-order valence-corrected chi connectivity index (χ0v) is 17.4. The van der Waals surface area contributed by atoms with Crippen LogP contribution in [0.2, 0.25) is 0 Å². The van der Waals surface area contributed by atoms with Crippen LogP contribution in [0.1, 0.15) is 63.8 Å². The number of benzene rings is 1. The summed E-state index contributed by atoms with van der Waals surface area (Å²) in [6.45, 7) is 3.77. The predicted octanol–water partition coefficient (Wildman–Crippen LogP) is 4.98. The predicted molar refractivity (Wildman–Crippen MR) is 108 cm³/mol. The van der Waals surface area contributed by atoms with Crippen LogP contribution in [-0.4, -0.2) is 29.4 Å². The lowest BCUT2D eigenvalue weighted by molar-refractivity contribution is -0.137. The van der Waals surface area contributed by atoms with E-state index < -0.39 is 17.6 Å². The Kier molecular flexibility index (Phi) is 6.63. The number of aryl methyl sites for hydroxylation is 1. The Bertz CT molecular complexity index is 857. The number of nitrogens with two attached hydrogens (primary N) is 1. The van der Waals surface area contributed by atoms with Gasteiger partial charge < -0.3 is 10.6 Å². The van der Waals surface area contributed by atoms with Gasteiger partial charge in [0.1, 0.15) is 0 Å². The van der Waals surface area contributed by atoms with E-state index in [2.05, 4.69) is 22.3 Å². The average molecular weight is 426 g/mol. The van der Waals surface area contributed by atoms with Gasteiger partial charge in [-0.25, -0.2) is 4.98 Å². The minimum atomic E-state index is -4.49. The minimum absolute atomic E-state index is 0.000653. The van der Waals surface area contributed by atoms with E-state index in [0.717, 1.165) is 61.6 Å². The first-order valence-corrected chi connectivity index (χ1v) is 10.6. The summed E-state index contributed by atoms with van der Waals surface area (Å²) in [5, 5.41) is 3.15. The summed E-state index contributed by atoms with van der Waals surface area (Å²) in [4.78, 5) is 18.5. The van der Waals surface area contributed by atoms with Crippen molar-refractivity contribution in [3.8, 4) is 0 Å². The van der Waals surface area contributed by atoms with Crippen molar-refractivity contribution in [1.29, 1.82) is 0 Å². The Hall–Kier alpha value is -1.93. The molecule has 2 aromatic rings. The molecule has 158 valence electrons. The largest absolute Gasteiger partial charge is 0.416 e. The Labute approximate surface area is 172 Å². The molecule has 8 heteroatoms. The van der Waals surface area contributed by atoms with Crippen LogP contribution in [0.25, 0.3) is 0 Å². The van der Waals surface area contributed by atoms with Gasteiger partial charge in [-0.15, -0.1) is 11.3 Å². The maximum atomic E-state index is 13.0. The SMILES string of the molecule is Cc1nc(CN(C)C[C@H]2CC[C@H](c3ccc(C(F)(F)F)cc3C(N)=O)CC2)cs1. The Morgan fingerprint density at radius 2 is 1.97 bits per heavy atom. The van der Waals surface area contributed by atoms with E-state index in [0.29, 0.717) is 11.5 Å². The van der Waals surface area contributed by atoms with E-state index in [-0.39, 0.29) is 11.5 Å². The second-order valence-electron chi connectivity index (χ2n) is 7.94. The highest BCUT2D eigenvalue weighted by atomic mass is 32.1. The zero-order chi connectivity index (χ0) is 21.2. The number of rotatable bonds is 6. The molecule has 0 bridgehead atoms. The van der Waals surface area contributed by atoms with Crippen LogP contribution in [0.4, 0.5) is 13.2 Å². The molecule has 1 saturated carbocycles. The van der Waals surface area contributed by atoms with Crippen LogP contribution in [0.5, 0.6) is 0 Å². The third kappa shape index (κ3) is 5.57. The van der Waals surface area contributed by atoms with Gasteiger partial charge in [0, 0.05) is 24.0 Å². The van der Waals surface area contributed by atoms with Gasteiger partial charge in [-0.1, -0.05) is 6.07 Å². The summed E-state index contributed by atoms with van der Waals surface area (Å²) >= 11 is 1.65. The lowest BCUT2D eigenvalue weighted by Gasteiger charge is -2.32. The number of nitrogens with zero attached hydrogens (tertiary/aromatic N) is 2. The molecule has 1 amide bonds. The highest BCUT2D eigenvalue weighted by Crippen LogP contribution is 2.39. The molecular weight excluding hydrogens is 399 g/mol. The van der Waals surface area contributed by atoms with Gasteiger partial charge in [-0.3, -0.25) is 4.79 Å². The first-order chi connectivity index (χ1) is 13.6. The van der Waals surface area contributed by atoms with Crippen LogP contribution in [0.3, 0.4) is 0 Å². The summed E-state index contributed by atoms with van der Waals surface area (Å²) in [6, 6.07) is 3.38. The Balaban J connectivity index is 1.60. The molecule has 0 atom stereocenters. The molecule has 3 rings (SSSR count). The maximum Gasteiger partial charge on any atom is 0.416 e. The van der Waals surface area contributed by atoms with Crippen LogP contribution in [-0.2, 0) is 12.7 Å². The smallest absolute Gasteiger partial charge is 0.366 e. The van der Waals surface area contributed by atoms with Crippen molar-refractivity contribution >= 4 is 17.2 Å². The number of primary amides is 1. The zero-order valence-electron chi connectivity index (χ0n) is 16.6. The number of hydrogen-bond acceptors (Lipinski definition) is 4. The Morgan fingerprint density at radius 3 is 2.52 bits per heavy atom. The van der Waals surface area contributed by atoms with Crippen molar-refractivity contribution in [2.45, 2.75) is 51.2 Å². The standard InChI is InChI=1S/C21H26F3N3OS/c1-13-26-17(12-29-13)11-27(2)10-14-3-5-15(6-4-14)18-8-7-16(21(22,23)24)9-19(18)20(25)28/h7-9,12,14-15H,3-6,10-11H2,1-2H3,(H2,25,28)/t14-,15-. The summed E-state index contributed by atoms with van der Waals surface area (Å²) in [6.07, 6.45) is -0.838. The summed E-state index contributed by atoms with van der Waals surface area (Å²) in [7, 11) is 2.09. The summed E-state index contributed by atoms with van der Waals surface area (Å²) in [5.74, 6) is -0.198. The van der Waals surface area contributed by atoms with Gasteiger partial charge in [0.25, 0.3) is 0 Å². The molecule has 1 heterocycles. The molecular formula is C21H26F3N3OS. The lowest BCUT2D eigenvalue weighted by atomic mass is 9.77. The first-order valence-electron chi connectivity index (χ1n) is 9.74. The van der Waals surface area contributed by atoms with E-state index in [1.54, 1.807) is 11.3 Å². The Morgan fingerprint density at radius 1 is 1.28 bits per heavy atom. The highest BCUT2D eigenvalue weighted by Gasteiger charge is 2.33. The van der Waals surface area contributed by atoms with Crippen molar-refractivity contribution in [3.05, 3.63) is 51.0 Å². The number of carbonyl (C=O) groups is 1. The molecule has 29 heavy (non-hydrogen) atoms. The van der Waals surface area contributed by atoms with Crippen molar-refractivity contribution in [1.82, 2.24) is 9.88 Å². The molecule has 0 radical (unpaired) electrons. The molecule has 4 nitrogen and oxygen atoms in total. The normalized spacial score (nSPS) is 20.2. The fourth-order valence-corrected chi connectivity index (χ4v) is 4.82. The number of halogens is 3. The van der Waals surface area contributed by atoms with Crippen molar-refractivity contribution in [3.63, 3.8) is 0 Å². The topological polar surface area (TPSA) is 59.2 Å². The second-order valence-corrected chi connectivity index (χ2v) is 9.00. The molecule has 0 spiro atoms. The van der Waals surface area contributed by atoms with Gasteiger partial charge in [0.15, 0.2) is 0 Å². The van der Waals surface area contributed by atoms with Crippen molar-refractivity contribution in [2.24, 2.45) is 11.7 Å². The maximum absolute atomic E-state index is 13.0. The van der Waals surface area contributed by atoms with E-state index in [1.165, 1.54) is 6.07 Å².